The lowest BCUT2D eigenvalue weighted by atomic mass is 9.90. The van der Waals surface area contributed by atoms with Gasteiger partial charge >= 0.3 is 12.1 Å². The molecule has 0 spiro atoms. The first kappa shape index (κ1) is 24.6. The Morgan fingerprint density at radius 1 is 1.12 bits per heavy atom. The van der Waals surface area contributed by atoms with E-state index in [1.165, 1.54) is 11.4 Å². The molecule has 0 aromatic heterocycles. The Morgan fingerprint density at radius 2 is 1.76 bits per heavy atom. The number of nitrogens with one attached hydrogen (secondary N) is 3. The van der Waals surface area contributed by atoms with Gasteiger partial charge in [0, 0.05) is 6.07 Å². The van der Waals surface area contributed by atoms with Crippen molar-refractivity contribution in [2.24, 2.45) is 11.3 Å². The quantitative estimate of drug-likeness (QED) is 0.430. The van der Waals surface area contributed by atoms with Crippen molar-refractivity contribution >= 4 is 23.4 Å². The number of ether oxygens (including phenoxy) is 1. The van der Waals surface area contributed by atoms with Gasteiger partial charge in [0.2, 0.25) is 11.8 Å². The van der Waals surface area contributed by atoms with E-state index in [-0.39, 0.29) is 17.4 Å². The van der Waals surface area contributed by atoms with Crippen LogP contribution in [0.3, 0.4) is 0 Å². The lowest BCUT2D eigenvalue weighted by Crippen LogP contribution is -2.58. The Bertz CT molecular complexity index is 962. The van der Waals surface area contributed by atoms with E-state index >= 15 is 0 Å². The summed E-state index contributed by atoms with van der Waals surface area (Å²) < 4.78 is 82.6. The topological polar surface area (TPSA) is 96.5 Å². The fourth-order valence-corrected chi connectivity index (χ4v) is 3.16. The molecule has 13 heteroatoms. The van der Waals surface area contributed by atoms with Crippen LogP contribution in [0.4, 0.5) is 32.0 Å². The summed E-state index contributed by atoms with van der Waals surface area (Å²) in [4.78, 5) is 37.8. The Hall–Kier alpha value is -2.99. The summed E-state index contributed by atoms with van der Waals surface area (Å²) in [5, 5.41) is 6.20. The number of hydrogen-bond acceptors (Lipinski definition) is 4. The van der Waals surface area contributed by atoms with Crippen LogP contribution in [0, 0.1) is 17.2 Å². The molecular formula is C20H21F6N3O4. The van der Waals surface area contributed by atoms with Crippen molar-refractivity contribution in [3.8, 4) is 5.75 Å². The normalized spacial score (nSPS) is 21.3. The van der Waals surface area contributed by atoms with Gasteiger partial charge in [-0.25, -0.2) is 4.39 Å². The molecule has 0 radical (unpaired) electrons. The molecule has 33 heavy (non-hydrogen) atoms. The van der Waals surface area contributed by atoms with Crippen LogP contribution in [-0.4, -0.2) is 48.5 Å². The molecule has 2 atom stereocenters. The fourth-order valence-electron chi connectivity index (χ4n) is 3.16. The molecule has 7 nitrogen and oxygen atoms in total. The summed E-state index contributed by atoms with van der Waals surface area (Å²) in [6, 6.07) is 2.13. The monoisotopic (exact) mass is 481 g/mol. The first-order chi connectivity index (χ1) is 15.1. The second-order valence-electron chi connectivity index (χ2n) is 8.51. The maximum absolute atomic E-state index is 13.6. The molecule has 1 aliphatic carbocycles. The number of amides is 3. The Kier molecular flexibility index (Phi) is 6.28. The van der Waals surface area contributed by atoms with E-state index in [1.54, 1.807) is 0 Å². The van der Waals surface area contributed by atoms with Gasteiger partial charge in [0.15, 0.2) is 0 Å². The highest BCUT2D eigenvalue weighted by Crippen LogP contribution is 2.40. The van der Waals surface area contributed by atoms with Crippen LogP contribution in [-0.2, 0) is 14.4 Å². The van der Waals surface area contributed by atoms with Gasteiger partial charge in [-0.3, -0.25) is 14.4 Å². The largest absolute Gasteiger partial charge is 0.485 e. The summed E-state index contributed by atoms with van der Waals surface area (Å²) in [7, 11) is 0. The predicted octanol–water partition coefficient (Wildman–Crippen LogP) is 2.76. The van der Waals surface area contributed by atoms with E-state index in [1.807, 2.05) is 0 Å². The molecule has 3 N–H and O–H groups in total. The van der Waals surface area contributed by atoms with Crippen molar-refractivity contribution in [3.63, 3.8) is 0 Å². The third kappa shape index (κ3) is 5.17. The molecular weight excluding hydrogens is 460 g/mol. The highest BCUT2D eigenvalue weighted by atomic mass is 19.4. The molecule has 0 bridgehead atoms. The lowest BCUT2D eigenvalue weighted by Gasteiger charge is -2.29. The van der Waals surface area contributed by atoms with Gasteiger partial charge in [0.05, 0.1) is 12.2 Å². The van der Waals surface area contributed by atoms with Crippen molar-refractivity contribution < 1.29 is 45.5 Å². The summed E-state index contributed by atoms with van der Waals surface area (Å²) in [5.41, 5.74) is -2.07. The van der Waals surface area contributed by atoms with Crippen molar-refractivity contribution in [2.75, 3.05) is 11.9 Å². The van der Waals surface area contributed by atoms with Crippen LogP contribution in [0.5, 0.6) is 5.75 Å². The second-order valence-corrected chi connectivity index (χ2v) is 8.51. The van der Waals surface area contributed by atoms with E-state index in [9.17, 15) is 40.7 Å². The molecule has 1 heterocycles. The highest BCUT2D eigenvalue weighted by molar-refractivity contribution is 6.07. The van der Waals surface area contributed by atoms with Crippen molar-refractivity contribution in [2.45, 2.75) is 50.9 Å². The minimum atomic E-state index is -5.88. The first-order valence-corrected chi connectivity index (χ1v) is 9.94. The summed E-state index contributed by atoms with van der Waals surface area (Å²) in [6.45, 7) is -0.0329. The molecule has 2 aliphatic rings. The fraction of sp³-hybridized carbons (Fsp3) is 0.550. The van der Waals surface area contributed by atoms with E-state index in [2.05, 4.69) is 10.6 Å². The van der Waals surface area contributed by atoms with E-state index in [0.717, 1.165) is 26.0 Å². The average Bonchev–Trinajstić information content (AvgIpc) is 3.54. The molecule has 3 amide bonds. The molecule has 1 aliphatic heterocycles. The smallest absolute Gasteiger partial charge is 0.455 e. The number of anilines is 1. The van der Waals surface area contributed by atoms with Crippen LogP contribution in [0.1, 0.15) is 26.7 Å². The van der Waals surface area contributed by atoms with E-state index < -0.39 is 59.7 Å². The van der Waals surface area contributed by atoms with Crippen LogP contribution in [0.25, 0.3) is 0 Å². The molecule has 3 rings (SSSR count). The van der Waals surface area contributed by atoms with Crippen molar-refractivity contribution in [3.05, 3.63) is 24.0 Å². The number of carbonyl (C=O) groups is 3. The van der Waals surface area contributed by atoms with Gasteiger partial charge in [0.1, 0.15) is 29.1 Å². The van der Waals surface area contributed by atoms with Gasteiger partial charge in [-0.15, -0.1) is 0 Å². The van der Waals surface area contributed by atoms with Gasteiger partial charge in [0.25, 0.3) is 5.91 Å². The number of alkyl halides is 5. The van der Waals surface area contributed by atoms with E-state index in [0.29, 0.717) is 12.8 Å². The SMILES string of the molecule is CC(C)(C(=O)NCC(F)(F)C(F)(F)F)C(=O)N[C@@H]1C(=O)Nc2cc(F)ccc2OC1C1CC1. The van der Waals surface area contributed by atoms with Crippen molar-refractivity contribution in [1.82, 2.24) is 10.6 Å². The third-order valence-corrected chi connectivity index (χ3v) is 5.47. The molecule has 0 saturated heterocycles. The number of hydrogen-bond donors (Lipinski definition) is 3. The van der Waals surface area contributed by atoms with Crippen LogP contribution < -0.4 is 20.7 Å². The van der Waals surface area contributed by atoms with Crippen molar-refractivity contribution in [1.29, 1.82) is 0 Å². The zero-order chi connectivity index (χ0) is 24.8. The number of rotatable bonds is 6. The predicted molar refractivity (Wildman–Crippen MR) is 102 cm³/mol. The second kappa shape index (κ2) is 8.41. The zero-order valence-corrected chi connectivity index (χ0v) is 17.5. The average molecular weight is 481 g/mol. The van der Waals surface area contributed by atoms with Crippen LogP contribution in [0.15, 0.2) is 18.2 Å². The summed E-state index contributed by atoms with van der Waals surface area (Å²) in [6.07, 6.45) is -5.39. The zero-order valence-electron chi connectivity index (χ0n) is 17.5. The Balaban J connectivity index is 1.74. The molecule has 1 aromatic rings. The van der Waals surface area contributed by atoms with Gasteiger partial charge < -0.3 is 20.7 Å². The van der Waals surface area contributed by atoms with Crippen LogP contribution in [0.2, 0.25) is 0 Å². The Morgan fingerprint density at radius 3 is 2.33 bits per heavy atom. The maximum Gasteiger partial charge on any atom is 0.455 e. The van der Waals surface area contributed by atoms with Gasteiger partial charge in [-0.1, -0.05) is 0 Å². The molecule has 1 saturated carbocycles. The van der Waals surface area contributed by atoms with Crippen LogP contribution >= 0.6 is 0 Å². The standard InChI is InChI=1S/C20H21F6N3O4/c1-18(2,16(31)27-8-19(22,23)20(24,25)26)17(32)29-13-14(9-3-4-9)33-12-6-5-10(21)7-11(12)28-15(13)30/h5-7,9,13-14H,3-4,8H2,1-2H3,(H,27,31)(H,28,30)(H,29,32)/t13-,14?/m0/s1. The summed E-state index contributed by atoms with van der Waals surface area (Å²) >= 11 is 0. The minimum absolute atomic E-state index is 0.0359. The van der Waals surface area contributed by atoms with Gasteiger partial charge in [-0.05, 0) is 44.7 Å². The third-order valence-electron chi connectivity index (χ3n) is 5.47. The minimum Gasteiger partial charge on any atom is -0.485 e. The molecule has 1 fully saturated rings. The number of carbonyl (C=O) groups excluding carboxylic acids is 3. The molecule has 1 unspecified atom stereocenters. The highest BCUT2D eigenvalue weighted by Gasteiger charge is 2.58. The number of halogens is 6. The number of fused-ring (bicyclic) bond motifs is 1. The van der Waals surface area contributed by atoms with E-state index in [4.69, 9.17) is 4.74 Å². The maximum atomic E-state index is 13.6. The number of benzene rings is 1. The Labute approximate surface area is 184 Å². The van der Waals surface area contributed by atoms with Gasteiger partial charge in [-0.2, -0.15) is 22.0 Å². The summed E-state index contributed by atoms with van der Waals surface area (Å²) in [5.74, 6) is -9.04. The molecule has 182 valence electrons. The molecule has 1 aromatic carbocycles. The lowest BCUT2D eigenvalue weighted by molar-refractivity contribution is -0.278. The first-order valence-electron chi connectivity index (χ1n) is 9.94.